The molecule has 0 saturated heterocycles. The van der Waals surface area contributed by atoms with Crippen LogP contribution in [0, 0.1) is 5.92 Å². The molecule has 4 rings (SSSR count). The summed E-state index contributed by atoms with van der Waals surface area (Å²) in [6.07, 6.45) is 2.33. The molecule has 2 N–H and O–H groups in total. The molecule has 1 aliphatic rings. The zero-order valence-corrected chi connectivity index (χ0v) is 14.5. The Morgan fingerprint density at radius 1 is 1.12 bits per heavy atom. The van der Waals surface area contributed by atoms with Gasteiger partial charge in [-0.1, -0.05) is 67.6 Å². The van der Waals surface area contributed by atoms with Crippen LogP contribution < -0.4 is 5.43 Å². The first kappa shape index (κ1) is 16.3. The average Bonchev–Trinajstić information content (AvgIpc) is 3.37. The number of phenolic OH excluding ortho intramolecular Hbond substituents is 1. The van der Waals surface area contributed by atoms with Crippen LogP contribution in [-0.2, 0) is 10.2 Å². The Hall–Kier alpha value is -3.14. The van der Waals surface area contributed by atoms with Gasteiger partial charge in [-0.05, 0) is 28.8 Å². The molecule has 0 spiro atoms. The SMILES string of the molecule is C[C@]1(c2ccccc2)C[C@@H]1C(=O)N/N=C/c1c(O)ccc2ccccc12. The minimum Gasteiger partial charge on any atom is -0.507 e. The minimum atomic E-state index is -0.123. The molecule has 26 heavy (non-hydrogen) atoms. The molecule has 0 radical (unpaired) electrons. The number of phenols is 1. The molecular formula is C22H20N2O2. The number of nitrogens with one attached hydrogen (secondary N) is 1. The van der Waals surface area contributed by atoms with Crippen LogP contribution in [0.1, 0.15) is 24.5 Å². The first-order valence-electron chi connectivity index (χ1n) is 8.69. The molecule has 0 bridgehead atoms. The molecule has 0 heterocycles. The molecule has 0 unspecified atom stereocenters. The Balaban J connectivity index is 1.49. The summed E-state index contributed by atoms with van der Waals surface area (Å²) in [5.74, 6) is -0.0299. The van der Waals surface area contributed by atoms with Gasteiger partial charge in [-0.25, -0.2) is 5.43 Å². The van der Waals surface area contributed by atoms with Crippen LogP contribution >= 0.6 is 0 Å². The maximum Gasteiger partial charge on any atom is 0.244 e. The quantitative estimate of drug-likeness (QED) is 0.556. The topological polar surface area (TPSA) is 61.7 Å². The molecule has 2 atom stereocenters. The number of fused-ring (bicyclic) bond motifs is 1. The Morgan fingerprint density at radius 3 is 2.65 bits per heavy atom. The lowest BCUT2D eigenvalue weighted by molar-refractivity contribution is -0.122. The summed E-state index contributed by atoms with van der Waals surface area (Å²) in [5, 5.41) is 16.1. The number of aromatic hydroxyl groups is 1. The van der Waals surface area contributed by atoms with Gasteiger partial charge < -0.3 is 5.11 Å². The van der Waals surface area contributed by atoms with E-state index in [1.54, 1.807) is 6.07 Å². The highest BCUT2D eigenvalue weighted by Crippen LogP contribution is 2.53. The van der Waals surface area contributed by atoms with Gasteiger partial charge in [0.05, 0.1) is 12.1 Å². The lowest BCUT2D eigenvalue weighted by atomic mass is 9.95. The van der Waals surface area contributed by atoms with Gasteiger partial charge in [-0.15, -0.1) is 0 Å². The average molecular weight is 344 g/mol. The van der Waals surface area contributed by atoms with Gasteiger partial charge in [0.15, 0.2) is 0 Å². The molecular weight excluding hydrogens is 324 g/mol. The summed E-state index contributed by atoms with van der Waals surface area (Å²) in [6.45, 7) is 2.10. The van der Waals surface area contributed by atoms with E-state index in [2.05, 4.69) is 29.6 Å². The van der Waals surface area contributed by atoms with E-state index in [0.717, 1.165) is 17.2 Å². The number of nitrogens with zero attached hydrogens (tertiary/aromatic N) is 1. The first-order chi connectivity index (χ1) is 12.6. The van der Waals surface area contributed by atoms with Gasteiger partial charge in [0.2, 0.25) is 5.91 Å². The van der Waals surface area contributed by atoms with E-state index in [4.69, 9.17) is 0 Å². The summed E-state index contributed by atoms with van der Waals surface area (Å²) in [7, 11) is 0. The largest absolute Gasteiger partial charge is 0.507 e. The van der Waals surface area contributed by atoms with Crippen molar-refractivity contribution in [2.75, 3.05) is 0 Å². The second-order valence-electron chi connectivity index (χ2n) is 6.99. The smallest absolute Gasteiger partial charge is 0.244 e. The molecule has 130 valence electrons. The van der Waals surface area contributed by atoms with Crippen LogP contribution in [0.5, 0.6) is 5.75 Å². The number of hydrazone groups is 1. The third-order valence-electron chi connectivity index (χ3n) is 5.30. The van der Waals surface area contributed by atoms with E-state index in [-0.39, 0.29) is 23.0 Å². The number of hydrogen-bond acceptors (Lipinski definition) is 3. The van der Waals surface area contributed by atoms with Crippen LogP contribution in [0.15, 0.2) is 71.8 Å². The maximum absolute atomic E-state index is 12.4. The predicted octanol–water partition coefficient (Wildman–Crippen LogP) is 3.97. The lowest BCUT2D eigenvalue weighted by Gasteiger charge is -2.10. The van der Waals surface area contributed by atoms with Crippen molar-refractivity contribution in [2.45, 2.75) is 18.8 Å². The summed E-state index contributed by atoms with van der Waals surface area (Å²) in [6, 6.07) is 21.3. The van der Waals surface area contributed by atoms with Crippen LogP contribution in [0.2, 0.25) is 0 Å². The fourth-order valence-electron chi connectivity index (χ4n) is 3.54. The number of amides is 1. The van der Waals surface area contributed by atoms with Gasteiger partial charge in [0.25, 0.3) is 0 Å². The summed E-state index contributed by atoms with van der Waals surface area (Å²) >= 11 is 0. The standard InChI is InChI=1S/C22H20N2O2/c1-22(16-8-3-2-4-9-16)13-19(22)21(26)24-23-14-18-17-10-6-5-7-15(17)11-12-20(18)25/h2-12,14,19,25H,13H2,1H3,(H,24,26)/b23-14+/t19-,22-/m1/s1. The highest BCUT2D eigenvalue weighted by atomic mass is 16.3. The molecule has 3 aromatic rings. The van der Waals surface area contributed by atoms with E-state index in [9.17, 15) is 9.90 Å². The number of benzene rings is 3. The number of carbonyl (C=O) groups is 1. The highest BCUT2D eigenvalue weighted by molar-refractivity contribution is 6.02. The fraction of sp³-hybridized carbons (Fsp3) is 0.182. The van der Waals surface area contributed by atoms with Gasteiger partial charge in [0, 0.05) is 11.0 Å². The van der Waals surface area contributed by atoms with Crippen molar-refractivity contribution in [1.82, 2.24) is 5.43 Å². The lowest BCUT2D eigenvalue weighted by Crippen LogP contribution is -2.23. The third-order valence-corrected chi connectivity index (χ3v) is 5.30. The van der Waals surface area contributed by atoms with E-state index in [0.29, 0.717) is 5.56 Å². The van der Waals surface area contributed by atoms with Gasteiger partial charge >= 0.3 is 0 Å². The van der Waals surface area contributed by atoms with E-state index >= 15 is 0 Å². The zero-order valence-electron chi connectivity index (χ0n) is 14.5. The van der Waals surface area contributed by atoms with E-state index in [1.807, 2.05) is 48.5 Å². The molecule has 3 aromatic carbocycles. The monoisotopic (exact) mass is 344 g/mol. The molecule has 4 heteroatoms. The first-order valence-corrected chi connectivity index (χ1v) is 8.69. The van der Waals surface area contributed by atoms with Crippen molar-refractivity contribution in [2.24, 2.45) is 11.0 Å². The van der Waals surface area contributed by atoms with Gasteiger partial charge in [0.1, 0.15) is 5.75 Å². The highest BCUT2D eigenvalue weighted by Gasteiger charge is 2.55. The number of carbonyl (C=O) groups excluding carboxylic acids is 1. The Kier molecular flexibility index (Phi) is 3.96. The van der Waals surface area contributed by atoms with Crippen molar-refractivity contribution >= 4 is 22.9 Å². The van der Waals surface area contributed by atoms with Crippen LogP contribution in [0.4, 0.5) is 0 Å². The Bertz CT molecular complexity index is 997. The van der Waals surface area contributed by atoms with Crippen molar-refractivity contribution < 1.29 is 9.90 Å². The zero-order chi connectivity index (χ0) is 18.1. The molecule has 0 aliphatic heterocycles. The molecule has 1 amide bonds. The third kappa shape index (κ3) is 2.84. The summed E-state index contributed by atoms with van der Waals surface area (Å²) in [5.41, 5.74) is 4.29. The number of rotatable bonds is 4. The predicted molar refractivity (Wildman–Crippen MR) is 103 cm³/mol. The fourth-order valence-corrected chi connectivity index (χ4v) is 3.54. The molecule has 0 aromatic heterocycles. The van der Waals surface area contributed by atoms with Crippen molar-refractivity contribution in [3.8, 4) is 5.75 Å². The molecule has 1 aliphatic carbocycles. The van der Waals surface area contributed by atoms with Crippen LogP contribution in [-0.4, -0.2) is 17.2 Å². The van der Waals surface area contributed by atoms with Crippen molar-refractivity contribution in [3.05, 3.63) is 77.9 Å². The normalized spacial score (nSPS) is 21.8. The van der Waals surface area contributed by atoms with Crippen LogP contribution in [0.3, 0.4) is 0 Å². The minimum absolute atomic E-state index is 0.0804. The maximum atomic E-state index is 12.4. The molecule has 4 nitrogen and oxygen atoms in total. The second kappa shape index (κ2) is 6.30. The Labute approximate surface area is 152 Å². The van der Waals surface area contributed by atoms with E-state index < -0.39 is 0 Å². The summed E-state index contributed by atoms with van der Waals surface area (Å²) in [4.78, 5) is 12.4. The van der Waals surface area contributed by atoms with Gasteiger partial charge in [-0.2, -0.15) is 5.10 Å². The summed E-state index contributed by atoms with van der Waals surface area (Å²) < 4.78 is 0. The molecule has 1 fully saturated rings. The molecule has 1 saturated carbocycles. The van der Waals surface area contributed by atoms with Crippen molar-refractivity contribution in [1.29, 1.82) is 0 Å². The second-order valence-corrected chi connectivity index (χ2v) is 6.99. The van der Waals surface area contributed by atoms with Crippen LogP contribution in [0.25, 0.3) is 10.8 Å². The Morgan fingerprint density at radius 2 is 1.85 bits per heavy atom. The van der Waals surface area contributed by atoms with E-state index in [1.165, 1.54) is 11.8 Å². The number of hydrogen-bond donors (Lipinski definition) is 2. The van der Waals surface area contributed by atoms with Gasteiger partial charge in [-0.3, -0.25) is 4.79 Å². The van der Waals surface area contributed by atoms with Crippen molar-refractivity contribution in [3.63, 3.8) is 0 Å².